The second-order valence-electron chi connectivity index (χ2n) is 5.87. The van der Waals surface area contributed by atoms with E-state index < -0.39 is 5.97 Å². The molecular formula is C16H15NO4S. The molecule has 0 saturated carbocycles. The molecule has 5 nitrogen and oxygen atoms in total. The van der Waals surface area contributed by atoms with Crippen LogP contribution < -0.4 is 5.32 Å². The molecule has 3 heterocycles. The number of hydrogen-bond acceptors (Lipinski definition) is 4. The predicted molar refractivity (Wildman–Crippen MR) is 83.4 cm³/mol. The first-order valence-electron chi connectivity index (χ1n) is 7.33. The highest BCUT2D eigenvalue weighted by atomic mass is 32.1. The van der Waals surface area contributed by atoms with Gasteiger partial charge >= 0.3 is 5.97 Å². The molecular weight excluding hydrogens is 302 g/mol. The summed E-state index contributed by atoms with van der Waals surface area (Å²) in [6, 6.07) is 7.12. The number of anilines is 1. The normalized spacial score (nSPS) is 26.5. The molecule has 1 aromatic heterocycles. The summed E-state index contributed by atoms with van der Waals surface area (Å²) in [7, 11) is 0. The maximum Gasteiger partial charge on any atom is 0.345 e. The maximum atomic E-state index is 12.4. The number of amides is 1. The first-order chi connectivity index (χ1) is 10.6. The number of carboxylic acids is 1. The number of fused-ring (bicyclic) bond motifs is 3. The molecule has 2 N–H and O–H groups in total. The second-order valence-corrected chi connectivity index (χ2v) is 6.96. The fourth-order valence-corrected chi connectivity index (χ4v) is 4.26. The Bertz CT molecular complexity index is 769. The summed E-state index contributed by atoms with van der Waals surface area (Å²) < 4.78 is 6.62. The number of carbonyl (C=O) groups excluding carboxylic acids is 1. The molecule has 4 rings (SSSR count). The van der Waals surface area contributed by atoms with E-state index in [1.807, 2.05) is 18.2 Å². The summed E-state index contributed by atoms with van der Waals surface area (Å²) in [6.45, 7) is 0. The Balaban J connectivity index is 1.54. The highest BCUT2D eigenvalue weighted by Crippen LogP contribution is 2.39. The van der Waals surface area contributed by atoms with Crippen LogP contribution >= 0.6 is 11.3 Å². The van der Waals surface area contributed by atoms with Gasteiger partial charge in [-0.2, -0.15) is 0 Å². The van der Waals surface area contributed by atoms with Crippen LogP contribution in [0.5, 0.6) is 0 Å². The molecule has 114 valence electrons. The lowest BCUT2D eigenvalue weighted by Crippen LogP contribution is -2.30. The number of benzene rings is 1. The maximum absolute atomic E-state index is 12.4. The molecule has 3 atom stereocenters. The predicted octanol–water partition coefficient (Wildman–Crippen LogP) is 3.11. The zero-order valence-corrected chi connectivity index (χ0v) is 12.6. The van der Waals surface area contributed by atoms with Gasteiger partial charge in [-0.1, -0.05) is 0 Å². The number of aromatic carboxylic acids is 1. The average molecular weight is 317 g/mol. The largest absolute Gasteiger partial charge is 0.477 e. The Labute approximate surface area is 130 Å². The van der Waals surface area contributed by atoms with Crippen LogP contribution in [-0.4, -0.2) is 29.2 Å². The standard InChI is InChI=1S/C16H15NO4S/c18-15(11-7-10-2-3-12(11)21-10)17-9-1-4-13-8(5-9)6-14(22-13)16(19)20/h1,4-6,10-12H,2-3,7H2,(H,17,18)(H,19,20). The number of carbonyl (C=O) groups is 2. The number of thiophene rings is 1. The summed E-state index contributed by atoms with van der Waals surface area (Å²) in [4.78, 5) is 23.7. The number of nitrogens with one attached hydrogen (secondary N) is 1. The minimum atomic E-state index is -0.925. The van der Waals surface area contributed by atoms with Crippen molar-refractivity contribution in [1.82, 2.24) is 0 Å². The monoisotopic (exact) mass is 317 g/mol. The Morgan fingerprint density at radius 2 is 2.14 bits per heavy atom. The van der Waals surface area contributed by atoms with Crippen LogP contribution in [-0.2, 0) is 9.53 Å². The minimum absolute atomic E-state index is 0.000220. The quantitative estimate of drug-likeness (QED) is 0.912. The Hall–Kier alpha value is -1.92. The van der Waals surface area contributed by atoms with Crippen molar-refractivity contribution in [1.29, 1.82) is 0 Å². The van der Waals surface area contributed by atoms with Crippen molar-refractivity contribution in [2.75, 3.05) is 5.32 Å². The first kappa shape index (κ1) is 13.7. The van der Waals surface area contributed by atoms with Crippen molar-refractivity contribution in [3.05, 3.63) is 29.1 Å². The first-order valence-corrected chi connectivity index (χ1v) is 8.15. The molecule has 2 aliphatic rings. The van der Waals surface area contributed by atoms with Crippen molar-refractivity contribution in [2.24, 2.45) is 5.92 Å². The van der Waals surface area contributed by atoms with E-state index in [2.05, 4.69) is 5.32 Å². The van der Waals surface area contributed by atoms with Gasteiger partial charge in [-0.25, -0.2) is 4.79 Å². The molecule has 0 radical (unpaired) electrons. The molecule has 1 aromatic carbocycles. The summed E-state index contributed by atoms with van der Waals surface area (Å²) in [6.07, 6.45) is 3.15. The third-order valence-electron chi connectivity index (χ3n) is 4.44. The summed E-state index contributed by atoms with van der Waals surface area (Å²) in [5, 5.41) is 12.8. The highest BCUT2D eigenvalue weighted by molar-refractivity contribution is 7.20. The van der Waals surface area contributed by atoms with E-state index in [-0.39, 0.29) is 24.0 Å². The van der Waals surface area contributed by atoms with Crippen molar-refractivity contribution in [2.45, 2.75) is 31.5 Å². The smallest absolute Gasteiger partial charge is 0.345 e. The van der Waals surface area contributed by atoms with Gasteiger partial charge in [0, 0.05) is 10.4 Å². The summed E-state index contributed by atoms with van der Waals surface area (Å²) in [5.74, 6) is -0.988. The highest BCUT2D eigenvalue weighted by Gasteiger charge is 2.44. The molecule has 2 bridgehead atoms. The third-order valence-corrected chi connectivity index (χ3v) is 5.54. The van der Waals surface area contributed by atoms with E-state index >= 15 is 0 Å². The molecule has 0 aliphatic carbocycles. The van der Waals surface area contributed by atoms with Gasteiger partial charge in [-0.05, 0) is 48.9 Å². The Kier molecular flexibility index (Phi) is 3.16. The molecule has 3 unspecified atom stereocenters. The zero-order chi connectivity index (χ0) is 15.3. The number of ether oxygens (including phenoxy) is 1. The summed E-state index contributed by atoms with van der Waals surface area (Å²) in [5.41, 5.74) is 0.704. The van der Waals surface area contributed by atoms with Crippen molar-refractivity contribution in [3.8, 4) is 0 Å². The molecule has 2 aromatic rings. The van der Waals surface area contributed by atoms with Crippen LogP contribution in [0.3, 0.4) is 0 Å². The fourth-order valence-electron chi connectivity index (χ4n) is 3.38. The number of carboxylic acid groups (broad SMARTS) is 1. The van der Waals surface area contributed by atoms with Crippen LogP contribution in [0, 0.1) is 5.92 Å². The van der Waals surface area contributed by atoms with Crippen LogP contribution in [0.15, 0.2) is 24.3 Å². The van der Waals surface area contributed by atoms with E-state index in [1.165, 1.54) is 11.3 Å². The molecule has 1 amide bonds. The van der Waals surface area contributed by atoms with Gasteiger partial charge in [-0.15, -0.1) is 11.3 Å². The van der Waals surface area contributed by atoms with E-state index in [0.717, 1.165) is 29.3 Å². The van der Waals surface area contributed by atoms with Crippen molar-refractivity contribution in [3.63, 3.8) is 0 Å². The Morgan fingerprint density at radius 1 is 1.27 bits per heavy atom. The Morgan fingerprint density at radius 3 is 2.82 bits per heavy atom. The molecule has 0 spiro atoms. The zero-order valence-electron chi connectivity index (χ0n) is 11.7. The molecule has 22 heavy (non-hydrogen) atoms. The van der Waals surface area contributed by atoms with E-state index in [0.29, 0.717) is 10.6 Å². The number of rotatable bonds is 3. The van der Waals surface area contributed by atoms with Gasteiger partial charge in [0.25, 0.3) is 0 Å². The van der Waals surface area contributed by atoms with Crippen molar-refractivity contribution >= 4 is 39.0 Å². The van der Waals surface area contributed by atoms with Crippen LogP contribution in [0.25, 0.3) is 10.1 Å². The van der Waals surface area contributed by atoms with E-state index in [9.17, 15) is 9.59 Å². The number of hydrogen-bond donors (Lipinski definition) is 2. The second kappa shape index (κ2) is 5.07. The third kappa shape index (κ3) is 2.28. The topological polar surface area (TPSA) is 75.6 Å². The van der Waals surface area contributed by atoms with Crippen LogP contribution in [0.2, 0.25) is 0 Å². The fraction of sp³-hybridized carbons (Fsp3) is 0.375. The van der Waals surface area contributed by atoms with Gasteiger partial charge in [0.05, 0.1) is 18.1 Å². The van der Waals surface area contributed by atoms with E-state index in [4.69, 9.17) is 9.84 Å². The van der Waals surface area contributed by atoms with E-state index in [1.54, 1.807) is 6.07 Å². The van der Waals surface area contributed by atoms with Gasteiger partial charge in [0.15, 0.2) is 0 Å². The lowest BCUT2D eigenvalue weighted by atomic mass is 9.88. The van der Waals surface area contributed by atoms with Gasteiger partial charge in [0.2, 0.25) is 5.91 Å². The van der Waals surface area contributed by atoms with Gasteiger partial charge < -0.3 is 15.2 Å². The molecule has 2 saturated heterocycles. The average Bonchev–Trinajstić information content (AvgIpc) is 3.21. The van der Waals surface area contributed by atoms with Crippen LogP contribution in [0.1, 0.15) is 28.9 Å². The van der Waals surface area contributed by atoms with Crippen LogP contribution in [0.4, 0.5) is 5.69 Å². The minimum Gasteiger partial charge on any atom is -0.477 e. The summed E-state index contributed by atoms with van der Waals surface area (Å²) >= 11 is 1.24. The van der Waals surface area contributed by atoms with Crippen molar-refractivity contribution < 1.29 is 19.4 Å². The SMILES string of the molecule is O=C(O)c1cc2cc(NC(=O)C3CC4CCC3O4)ccc2s1. The van der Waals surface area contributed by atoms with Gasteiger partial charge in [0.1, 0.15) is 4.88 Å². The molecule has 6 heteroatoms. The molecule has 2 aliphatic heterocycles. The molecule has 2 fully saturated rings. The lowest BCUT2D eigenvalue weighted by Gasteiger charge is -2.17. The lowest BCUT2D eigenvalue weighted by molar-refractivity contribution is -0.121. The van der Waals surface area contributed by atoms with Gasteiger partial charge in [-0.3, -0.25) is 4.79 Å².